The van der Waals surface area contributed by atoms with E-state index in [2.05, 4.69) is 0 Å². The molecule has 0 heterocycles. The fourth-order valence-electron chi connectivity index (χ4n) is 1.06. The average Bonchev–Trinajstić information content (AvgIpc) is 2.15. The smallest absolute Gasteiger partial charge is 0.147 e. The Labute approximate surface area is 83.0 Å². The summed E-state index contributed by atoms with van der Waals surface area (Å²) < 4.78 is 0. The summed E-state index contributed by atoms with van der Waals surface area (Å²) in [6.07, 6.45) is 0.769. The van der Waals surface area contributed by atoms with Crippen LogP contribution in [0.15, 0.2) is 29.8 Å². The Morgan fingerprint density at radius 2 is 2.15 bits per heavy atom. The first kappa shape index (κ1) is 10.0. The minimum atomic E-state index is 0.527. The van der Waals surface area contributed by atoms with E-state index in [1.807, 2.05) is 31.2 Å². The summed E-state index contributed by atoms with van der Waals surface area (Å²) in [4.78, 5) is 10.5. The third-order valence-corrected chi connectivity index (χ3v) is 2.31. The highest BCUT2D eigenvalue weighted by molar-refractivity contribution is 6.50. The molecule has 0 fully saturated rings. The number of aryl methyl sites for hydroxylation is 1. The van der Waals surface area contributed by atoms with E-state index in [1.165, 1.54) is 0 Å². The summed E-state index contributed by atoms with van der Waals surface area (Å²) in [7, 11) is 0. The molecule has 0 saturated heterocycles. The zero-order valence-electron chi connectivity index (χ0n) is 7.67. The van der Waals surface area contributed by atoms with Gasteiger partial charge in [0.2, 0.25) is 0 Å². The van der Waals surface area contributed by atoms with Crippen molar-refractivity contribution < 1.29 is 4.79 Å². The lowest BCUT2D eigenvalue weighted by atomic mass is 10.1. The van der Waals surface area contributed by atoms with E-state index in [4.69, 9.17) is 11.6 Å². The number of carbonyl (C=O) groups excluding carboxylic acids is 1. The van der Waals surface area contributed by atoms with Crippen molar-refractivity contribution in [2.24, 2.45) is 0 Å². The molecule has 0 bridgehead atoms. The Bertz CT molecular complexity index is 353. The zero-order valence-corrected chi connectivity index (χ0v) is 8.43. The maximum atomic E-state index is 10.5. The van der Waals surface area contributed by atoms with Crippen molar-refractivity contribution in [2.75, 3.05) is 0 Å². The zero-order chi connectivity index (χ0) is 9.84. The summed E-state index contributed by atoms with van der Waals surface area (Å²) in [6.45, 7) is 3.70. The number of hydrogen-bond donors (Lipinski definition) is 0. The van der Waals surface area contributed by atoms with Crippen LogP contribution in [0.3, 0.4) is 0 Å². The van der Waals surface area contributed by atoms with Crippen molar-refractivity contribution in [3.8, 4) is 0 Å². The second-order valence-electron chi connectivity index (χ2n) is 2.98. The first-order chi connectivity index (χ1) is 6.15. The SMILES string of the molecule is C/C(C=O)=C(/Cl)c1cccc(C)c1. The largest absolute Gasteiger partial charge is 0.298 e. The van der Waals surface area contributed by atoms with Crippen LogP contribution in [0.4, 0.5) is 0 Å². The lowest BCUT2D eigenvalue weighted by molar-refractivity contribution is -0.104. The maximum Gasteiger partial charge on any atom is 0.147 e. The van der Waals surface area contributed by atoms with Crippen LogP contribution in [0.1, 0.15) is 18.1 Å². The molecule has 0 aliphatic rings. The molecular weight excluding hydrogens is 184 g/mol. The monoisotopic (exact) mass is 194 g/mol. The van der Waals surface area contributed by atoms with Crippen molar-refractivity contribution in [3.05, 3.63) is 41.0 Å². The van der Waals surface area contributed by atoms with Crippen LogP contribution >= 0.6 is 11.6 Å². The third kappa shape index (κ3) is 2.43. The first-order valence-corrected chi connectivity index (χ1v) is 4.41. The molecule has 68 valence electrons. The van der Waals surface area contributed by atoms with Gasteiger partial charge in [0, 0.05) is 5.57 Å². The highest BCUT2D eigenvalue weighted by Crippen LogP contribution is 2.22. The fourth-order valence-corrected chi connectivity index (χ4v) is 1.22. The van der Waals surface area contributed by atoms with Gasteiger partial charge < -0.3 is 0 Å². The Kier molecular flexibility index (Phi) is 3.26. The number of carbonyl (C=O) groups is 1. The molecule has 1 aromatic rings. The summed E-state index contributed by atoms with van der Waals surface area (Å²) in [5, 5.41) is 0.527. The van der Waals surface area contributed by atoms with Gasteiger partial charge in [-0.15, -0.1) is 0 Å². The summed E-state index contributed by atoms with van der Waals surface area (Å²) in [6, 6.07) is 7.76. The minimum absolute atomic E-state index is 0.527. The Morgan fingerprint density at radius 3 is 2.69 bits per heavy atom. The highest BCUT2D eigenvalue weighted by Gasteiger charge is 2.01. The molecule has 0 spiro atoms. The average molecular weight is 195 g/mol. The molecule has 0 aliphatic heterocycles. The van der Waals surface area contributed by atoms with Crippen molar-refractivity contribution in [1.82, 2.24) is 0 Å². The van der Waals surface area contributed by atoms with Gasteiger partial charge in [-0.25, -0.2) is 0 Å². The molecule has 0 radical (unpaired) electrons. The fraction of sp³-hybridized carbons (Fsp3) is 0.182. The molecule has 0 N–H and O–H groups in total. The van der Waals surface area contributed by atoms with Crippen LogP contribution < -0.4 is 0 Å². The minimum Gasteiger partial charge on any atom is -0.298 e. The molecule has 0 unspecified atom stereocenters. The number of hydrogen-bond acceptors (Lipinski definition) is 1. The predicted molar refractivity (Wildman–Crippen MR) is 55.7 cm³/mol. The number of rotatable bonds is 2. The number of benzene rings is 1. The second kappa shape index (κ2) is 4.24. The Balaban J connectivity index is 3.16. The van der Waals surface area contributed by atoms with E-state index in [0.717, 1.165) is 17.4 Å². The van der Waals surface area contributed by atoms with Crippen LogP contribution in [-0.4, -0.2) is 6.29 Å². The standard InChI is InChI=1S/C11H11ClO/c1-8-4-3-5-10(6-8)11(12)9(2)7-13/h3-7H,1-2H3/b11-9-. The van der Waals surface area contributed by atoms with Gasteiger partial charge >= 0.3 is 0 Å². The van der Waals surface area contributed by atoms with Crippen LogP contribution in [0.5, 0.6) is 0 Å². The van der Waals surface area contributed by atoms with Crippen LogP contribution in [0.2, 0.25) is 0 Å². The number of aldehydes is 1. The van der Waals surface area contributed by atoms with Gasteiger partial charge in [0.15, 0.2) is 0 Å². The summed E-state index contributed by atoms with van der Waals surface area (Å²) in [5.74, 6) is 0. The van der Waals surface area contributed by atoms with E-state index in [0.29, 0.717) is 10.6 Å². The van der Waals surface area contributed by atoms with Crippen molar-refractivity contribution in [1.29, 1.82) is 0 Å². The molecule has 1 nitrogen and oxygen atoms in total. The highest BCUT2D eigenvalue weighted by atomic mass is 35.5. The van der Waals surface area contributed by atoms with Crippen molar-refractivity contribution in [2.45, 2.75) is 13.8 Å². The van der Waals surface area contributed by atoms with Gasteiger partial charge in [-0.1, -0.05) is 41.4 Å². The van der Waals surface area contributed by atoms with E-state index < -0.39 is 0 Å². The van der Waals surface area contributed by atoms with E-state index in [-0.39, 0.29) is 0 Å². The normalized spacial score (nSPS) is 12.2. The predicted octanol–water partition coefficient (Wildman–Crippen LogP) is 3.16. The summed E-state index contributed by atoms with van der Waals surface area (Å²) in [5.41, 5.74) is 2.59. The molecule has 2 heteroatoms. The number of allylic oxidation sites excluding steroid dienone is 1. The molecule has 13 heavy (non-hydrogen) atoms. The quantitative estimate of drug-likeness (QED) is 0.522. The second-order valence-corrected chi connectivity index (χ2v) is 3.36. The molecule has 0 aromatic heterocycles. The maximum absolute atomic E-state index is 10.5. The van der Waals surface area contributed by atoms with E-state index in [1.54, 1.807) is 6.92 Å². The molecular formula is C11H11ClO. The van der Waals surface area contributed by atoms with Gasteiger partial charge in [-0.05, 0) is 19.4 Å². The van der Waals surface area contributed by atoms with Crippen LogP contribution in [0.25, 0.3) is 5.03 Å². The van der Waals surface area contributed by atoms with Gasteiger partial charge in [0.25, 0.3) is 0 Å². The third-order valence-electron chi connectivity index (χ3n) is 1.79. The van der Waals surface area contributed by atoms with Gasteiger partial charge in [0.1, 0.15) is 6.29 Å². The van der Waals surface area contributed by atoms with Gasteiger partial charge in [-0.2, -0.15) is 0 Å². The Morgan fingerprint density at radius 1 is 1.46 bits per heavy atom. The van der Waals surface area contributed by atoms with Gasteiger partial charge in [-0.3, -0.25) is 4.79 Å². The van der Waals surface area contributed by atoms with E-state index in [9.17, 15) is 4.79 Å². The molecule has 0 aliphatic carbocycles. The molecule has 1 aromatic carbocycles. The number of halogens is 1. The molecule has 0 atom stereocenters. The lowest BCUT2D eigenvalue weighted by Crippen LogP contribution is -1.84. The van der Waals surface area contributed by atoms with E-state index >= 15 is 0 Å². The van der Waals surface area contributed by atoms with Crippen molar-refractivity contribution >= 4 is 22.9 Å². The molecule has 0 amide bonds. The van der Waals surface area contributed by atoms with Crippen LogP contribution in [-0.2, 0) is 4.79 Å². The lowest BCUT2D eigenvalue weighted by Gasteiger charge is -2.01. The molecule has 0 saturated carbocycles. The van der Waals surface area contributed by atoms with Crippen molar-refractivity contribution in [3.63, 3.8) is 0 Å². The van der Waals surface area contributed by atoms with Crippen LogP contribution in [0, 0.1) is 6.92 Å². The Hall–Kier alpha value is -1.08. The molecule has 1 rings (SSSR count). The first-order valence-electron chi connectivity index (χ1n) is 4.03. The summed E-state index contributed by atoms with van der Waals surface area (Å²) >= 11 is 5.98. The van der Waals surface area contributed by atoms with Gasteiger partial charge in [0.05, 0.1) is 5.03 Å². The topological polar surface area (TPSA) is 17.1 Å².